The van der Waals surface area contributed by atoms with Crippen molar-refractivity contribution in [1.82, 2.24) is 4.98 Å². The van der Waals surface area contributed by atoms with Crippen LogP contribution in [0, 0.1) is 0 Å². The van der Waals surface area contributed by atoms with Crippen molar-refractivity contribution in [3.05, 3.63) is 40.2 Å². The minimum absolute atomic E-state index is 0.137. The molecule has 1 heterocycles. The molecule has 100 valence electrons. The number of aromatic nitrogens is 1. The SMILES string of the molecule is CCCC(C)c1ccc(-c2csc(C(=O)O)n2)cc1. The smallest absolute Gasteiger partial charge is 0.365 e. The fraction of sp³-hybridized carbons (Fsp3) is 0.333. The van der Waals surface area contributed by atoms with Gasteiger partial charge in [0.2, 0.25) is 5.01 Å². The van der Waals surface area contributed by atoms with Gasteiger partial charge in [0.15, 0.2) is 0 Å². The number of hydrogen-bond acceptors (Lipinski definition) is 3. The Morgan fingerprint density at radius 3 is 2.58 bits per heavy atom. The van der Waals surface area contributed by atoms with Crippen molar-refractivity contribution in [3.8, 4) is 11.3 Å². The van der Waals surface area contributed by atoms with Crippen molar-refractivity contribution in [2.45, 2.75) is 32.6 Å². The molecule has 0 amide bonds. The quantitative estimate of drug-likeness (QED) is 0.879. The van der Waals surface area contributed by atoms with Crippen LogP contribution in [-0.4, -0.2) is 16.1 Å². The van der Waals surface area contributed by atoms with Crippen LogP contribution in [0.1, 0.15) is 48.0 Å². The van der Waals surface area contributed by atoms with Gasteiger partial charge in [-0.25, -0.2) is 9.78 Å². The molecule has 0 aliphatic heterocycles. The summed E-state index contributed by atoms with van der Waals surface area (Å²) in [6, 6.07) is 8.25. The first-order chi connectivity index (χ1) is 9.11. The van der Waals surface area contributed by atoms with Gasteiger partial charge in [0, 0.05) is 10.9 Å². The topological polar surface area (TPSA) is 50.2 Å². The summed E-state index contributed by atoms with van der Waals surface area (Å²) >= 11 is 1.16. The van der Waals surface area contributed by atoms with E-state index in [2.05, 4.69) is 31.0 Å². The minimum Gasteiger partial charge on any atom is -0.476 e. The summed E-state index contributed by atoms with van der Waals surface area (Å²) in [4.78, 5) is 14.9. The average Bonchev–Trinajstić information content (AvgIpc) is 2.89. The molecule has 19 heavy (non-hydrogen) atoms. The third-order valence-electron chi connectivity index (χ3n) is 3.18. The van der Waals surface area contributed by atoms with Crippen LogP contribution in [0.4, 0.5) is 0 Å². The lowest BCUT2D eigenvalue weighted by molar-refractivity contribution is 0.0696. The molecule has 1 N–H and O–H groups in total. The summed E-state index contributed by atoms with van der Waals surface area (Å²) in [5.74, 6) is -0.409. The Labute approximate surface area is 116 Å². The zero-order valence-corrected chi connectivity index (χ0v) is 11.9. The van der Waals surface area contributed by atoms with Crippen LogP contribution in [-0.2, 0) is 0 Å². The molecule has 1 unspecified atom stereocenters. The number of hydrogen-bond donors (Lipinski definition) is 1. The van der Waals surface area contributed by atoms with Gasteiger partial charge in [0.1, 0.15) is 0 Å². The van der Waals surface area contributed by atoms with Crippen LogP contribution < -0.4 is 0 Å². The Hall–Kier alpha value is -1.68. The zero-order valence-electron chi connectivity index (χ0n) is 11.1. The first-order valence-electron chi connectivity index (χ1n) is 6.41. The molecule has 1 aromatic carbocycles. The Balaban J connectivity index is 2.19. The van der Waals surface area contributed by atoms with E-state index in [1.165, 1.54) is 18.4 Å². The lowest BCUT2D eigenvalue weighted by atomic mass is 9.95. The predicted octanol–water partition coefficient (Wildman–Crippen LogP) is 4.41. The molecule has 0 radical (unpaired) electrons. The standard InChI is InChI=1S/C15H17NO2S/c1-3-4-10(2)11-5-7-12(8-6-11)13-9-19-14(16-13)15(17)18/h5-10H,3-4H2,1-2H3,(H,17,18). The van der Waals surface area contributed by atoms with Crippen molar-refractivity contribution in [2.24, 2.45) is 0 Å². The molecule has 4 heteroatoms. The van der Waals surface area contributed by atoms with Crippen LogP contribution in [0.5, 0.6) is 0 Å². The first kappa shape index (κ1) is 13.7. The normalized spacial score (nSPS) is 12.3. The summed E-state index contributed by atoms with van der Waals surface area (Å²) in [5, 5.41) is 10.8. The number of carboxylic acids is 1. The molecule has 0 saturated carbocycles. The van der Waals surface area contributed by atoms with Gasteiger partial charge < -0.3 is 5.11 Å². The third kappa shape index (κ3) is 3.20. The molecule has 3 nitrogen and oxygen atoms in total. The van der Waals surface area contributed by atoms with E-state index >= 15 is 0 Å². The minimum atomic E-state index is -0.968. The van der Waals surface area contributed by atoms with Crippen LogP contribution in [0.2, 0.25) is 0 Å². The Morgan fingerprint density at radius 2 is 2.05 bits per heavy atom. The molecule has 0 spiro atoms. The predicted molar refractivity (Wildman–Crippen MR) is 77.8 cm³/mol. The monoisotopic (exact) mass is 275 g/mol. The molecule has 0 saturated heterocycles. The Kier molecular flexibility index (Phi) is 4.32. The van der Waals surface area contributed by atoms with Gasteiger partial charge >= 0.3 is 5.97 Å². The second kappa shape index (κ2) is 5.97. The van der Waals surface area contributed by atoms with Gasteiger partial charge in [-0.15, -0.1) is 11.3 Å². The van der Waals surface area contributed by atoms with Crippen LogP contribution in [0.25, 0.3) is 11.3 Å². The number of aromatic carboxylic acids is 1. The Bertz CT molecular complexity index is 560. The molecule has 1 atom stereocenters. The van der Waals surface area contributed by atoms with Crippen LogP contribution in [0.3, 0.4) is 0 Å². The van der Waals surface area contributed by atoms with Gasteiger partial charge in [0.05, 0.1) is 5.69 Å². The third-order valence-corrected chi connectivity index (χ3v) is 4.01. The Morgan fingerprint density at radius 1 is 1.37 bits per heavy atom. The van der Waals surface area contributed by atoms with E-state index in [1.807, 2.05) is 12.1 Å². The second-order valence-corrected chi connectivity index (χ2v) is 5.51. The lowest BCUT2D eigenvalue weighted by Gasteiger charge is -2.10. The van der Waals surface area contributed by atoms with Gasteiger partial charge in [0.25, 0.3) is 0 Å². The summed E-state index contributed by atoms with van der Waals surface area (Å²) in [6.45, 7) is 4.41. The maximum Gasteiger partial charge on any atom is 0.365 e. The number of benzene rings is 1. The molecular formula is C15H17NO2S. The molecule has 0 aliphatic rings. The average molecular weight is 275 g/mol. The van der Waals surface area contributed by atoms with E-state index in [0.717, 1.165) is 22.6 Å². The highest BCUT2D eigenvalue weighted by Crippen LogP contribution is 2.26. The van der Waals surface area contributed by atoms with Crippen molar-refractivity contribution >= 4 is 17.3 Å². The molecule has 0 bridgehead atoms. The number of carbonyl (C=O) groups is 1. The van der Waals surface area contributed by atoms with Gasteiger partial charge in [-0.2, -0.15) is 0 Å². The van der Waals surface area contributed by atoms with E-state index in [-0.39, 0.29) is 5.01 Å². The van der Waals surface area contributed by atoms with E-state index in [9.17, 15) is 4.79 Å². The summed E-state index contributed by atoms with van der Waals surface area (Å²) < 4.78 is 0. The largest absolute Gasteiger partial charge is 0.476 e. The second-order valence-electron chi connectivity index (χ2n) is 4.65. The molecule has 0 aliphatic carbocycles. The lowest BCUT2D eigenvalue weighted by Crippen LogP contribution is -1.95. The van der Waals surface area contributed by atoms with Crippen LogP contribution >= 0.6 is 11.3 Å². The number of carboxylic acid groups (broad SMARTS) is 1. The van der Waals surface area contributed by atoms with Gasteiger partial charge in [-0.3, -0.25) is 0 Å². The summed E-state index contributed by atoms with van der Waals surface area (Å²) in [5.41, 5.74) is 3.02. The van der Waals surface area contributed by atoms with Crippen molar-refractivity contribution in [1.29, 1.82) is 0 Å². The van der Waals surface area contributed by atoms with Gasteiger partial charge in [-0.05, 0) is 17.9 Å². The van der Waals surface area contributed by atoms with E-state index in [0.29, 0.717) is 5.92 Å². The molecule has 0 fully saturated rings. The highest BCUT2D eigenvalue weighted by Gasteiger charge is 2.11. The zero-order chi connectivity index (χ0) is 13.8. The first-order valence-corrected chi connectivity index (χ1v) is 7.29. The summed E-state index contributed by atoms with van der Waals surface area (Å²) in [6.07, 6.45) is 2.36. The van der Waals surface area contributed by atoms with Crippen molar-refractivity contribution < 1.29 is 9.90 Å². The maximum absolute atomic E-state index is 10.8. The van der Waals surface area contributed by atoms with E-state index < -0.39 is 5.97 Å². The molecular weight excluding hydrogens is 258 g/mol. The molecule has 2 rings (SSSR count). The highest BCUT2D eigenvalue weighted by atomic mass is 32.1. The van der Waals surface area contributed by atoms with Gasteiger partial charge in [-0.1, -0.05) is 44.5 Å². The number of thiazole rings is 1. The van der Waals surface area contributed by atoms with Crippen LogP contribution in [0.15, 0.2) is 29.6 Å². The maximum atomic E-state index is 10.8. The number of nitrogens with zero attached hydrogens (tertiary/aromatic N) is 1. The molecule has 2 aromatic rings. The fourth-order valence-corrected chi connectivity index (χ4v) is 2.75. The summed E-state index contributed by atoms with van der Waals surface area (Å²) in [7, 11) is 0. The number of rotatable bonds is 5. The molecule has 1 aromatic heterocycles. The van der Waals surface area contributed by atoms with Crippen molar-refractivity contribution in [2.75, 3.05) is 0 Å². The highest BCUT2D eigenvalue weighted by molar-refractivity contribution is 7.11. The van der Waals surface area contributed by atoms with E-state index in [4.69, 9.17) is 5.11 Å². The van der Waals surface area contributed by atoms with Crippen molar-refractivity contribution in [3.63, 3.8) is 0 Å². The fourth-order valence-electron chi connectivity index (χ4n) is 2.09. The van der Waals surface area contributed by atoms with E-state index in [1.54, 1.807) is 5.38 Å².